The molecule has 0 aromatic heterocycles. The molecule has 2 aliphatic rings. The van der Waals surface area contributed by atoms with Gasteiger partial charge in [0.05, 0.1) is 12.2 Å². The van der Waals surface area contributed by atoms with Crippen LogP contribution in [0.3, 0.4) is 0 Å². The lowest BCUT2D eigenvalue weighted by atomic mass is 9.87. The monoisotopic (exact) mass is 254 g/mol. The van der Waals surface area contributed by atoms with E-state index in [0.29, 0.717) is 17.6 Å². The van der Waals surface area contributed by atoms with E-state index in [0.717, 1.165) is 25.2 Å². The Labute approximate surface area is 112 Å². The molecule has 0 bridgehead atoms. The Balaban J connectivity index is 2.00. The lowest BCUT2D eigenvalue weighted by Crippen LogP contribution is -2.43. The summed E-state index contributed by atoms with van der Waals surface area (Å²) in [7, 11) is 0. The Morgan fingerprint density at radius 1 is 1.06 bits per heavy atom. The highest BCUT2D eigenvalue weighted by atomic mass is 16.7. The van der Waals surface area contributed by atoms with Crippen molar-refractivity contribution in [1.82, 2.24) is 0 Å². The number of ether oxygens (including phenoxy) is 2. The van der Waals surface area contributed by atoms with Crippen LogP contribution in [0, 0.1) is 11.3 Å². The number of rotatable bonds is 6. The fourth-order valence-corrected chi connectivity index (χ4v) is 3.71. The van der Waals surface area contributed by atoms with E-state index in [1.54, 1.807) is 0 Å². The molecule has 0 aromatic rings. The van der Waals surface area contributed by atoms with Gasteiger partial charge in [-0.2, -0.15) is 0 Å². The van der Waals surface area contributed by atoms with Gasteiger partial charge in [-0.15, -0.1) is 0 Å². The van der Waals surface area contributed by atoms with Crippen LogP contribution < -0.4 is 0 Å². The fourth-order valence-electron chi connectivity index (χ4n) is 3.71. The van der Waals surface area contributed by atoms with Crippen molar-refractivity contribution in [2.45, 2.75) is 91.1 Å². The lowest BCUT2D eigenvalue weighted by molar-refractivity contribution is -0.261. The van der Waals surface area contributed by atoms with Gasteiger partial charge < -0.3 is 9.47 Å². The highest BCUT2D eigenvalue weighted by Gasteiger charge is 2.57. The Hall–Kier alpha value is -0.0800. The highest BCUT2D eigenvalue weighted by Crippen LogP contribution is 2.60. The first-order chi connectivity index (χ1) is 8.66. The lowest BCUT2D eigenvalue weighted by Gasteiger charge is -2.40. The van der Waals surface area contributed by atoms with Crippen LogP contribution >= 0.6 is 0 Å². The SMILES string of the molecule is CCCC1OC(C2(CC)CC2C)C[C@@H](CCC)O1. The van der Waals surface area contributed by atoms with Crippen molar-refractivity contribution in [3.05, 3.63) is 0 Å². The second-order valence-corrected chi connectivity index (χ2v) is 6.32. The van der Waals surface area contributed by atoms with Gasteiger partial charge in [-0.25, -0.2) is 0 Å². The normalized spacial score (nSPS) is 44.0. The molecule has 0 spiro atoms. The van der Waals surface area contributed by atoms with E-state index in [4.69, 9.17) is 9.47 Å². The van der Waals surface area contributed by atoms with Crippen LogP contribution in [0.2, 0.25) is 0 Å². The first kappa shape index (κ1) is 14.3. The molecule has 4 unspecified atom stereocenters. The van der Waals surface area contributed by atoms with Crippen LogP contribution in [0.15, 0.2) is 0 Å². The molecule has 2 nitrogen and oxygen atoms in total. The summed E-state index contributed by atoms with van der Waals surface area (Å²) in [5, 5.41) is 0. The van der Waals surface area contributed by atoms with Crippen molar-refractivity contribution in [2.24, 2.45) is 11.3 Å². The topological polar surface area (TPSA) is 18.5 Å². The minimum absolute atomic E-state index is 0.0570. The zero-order valence-electron chi connectivity index (χ0n) is 12.6. The molecule has 1 saturated carbocycles. The molecule has 0 aromatic carbocycles. The standard InChI is InChI=1S/C16H30O2/c1-5-8-13-10-14(16(7-3)11-12(16)4)18-15(17-13)9-6-2/h12-15H,5-11H2,1-4H3/t12?,13-,14?,15?,16?/m1/s1. The predicted octanol–water partition coefficient (Wildman–Crippen LogP) is 4.52. The van der Waals surface area contributed by atoms with Gasteiger partial charge in [-0.1, -0.05) is 40.5 Å². The minimum Gasteiger partial charge on any atom is -0.349 e. The van der Waals surface area contributed by atoms with Gasteiger partial charge in [-0.3, -0.25) is 0 Å². The summed E-state index contributed by atoms with van der Waals surface area (Å²) in [6, 6.07) is 0. The minimum atomic E-state index is 0.0570. The molecule has 2 heteroatoms. The van der Waals surface area contributed by atoms with E-state index in [2.05, 4.69) is 27.7 Å². The third kappa shape index (κ3) is 2.75. The Kier molecular flexibility index (Phi) is 4.71. The molecular formula is C16H30O2. The second-order valence-electron chi connectivity index (χ2n) is 6.32. The van der Waals surface area contributed by atoms with E-state index >= 15 is 0 Å². The van der Waals surface area contributed by atoms with Crippen molar-refractivity contribution in [3.63, 3.8) is 0 Å². The van der Waals surface area contributed by atoms with Gasteiger partial charge in [-0.05, 0) is 37.0 Å². The molecule has 1 heterocycles. The molecule has 1 saturated heterocycles. The molecule has 18 heavy (non-hydrogen) atoms. The Morgan fingerprint density at radius 3 is 2.22 bits per heavy atom. The molecule has 0 N–H and O–H groups in total. The zero-order chi connectivity index (χ0) is 13.2. The highest BCUT2D eigenvalue weighted by molar-refractivity contribution is 5.05. The second kappa shape index (κ2) is 5.92. The van der Waals surface area contributed by atoms with Crippen LogP contribution in [0.5, 0.6) is 0 Å². The van der Waals surface area contributed by atoms with Crippen LogP contribution in [0.25, 0.3) is 0 Å². The summed E-state index contributed by atoms with van der Waals surface area (Å²) in [5.74, 6) is 0.843. The van der Waals surface area contributed by atoms with E-state index in [1.165, 1.54) is 25.7 Å². The Bertz CT molecular complexity index is 248. The maximum Gasteiger partial charge on any atom is 0.158 e. The predicted molar refractivity (Wildman–Crippen MR) is 74.5 cm³/mol. The van der Waals surface area contributed by atoms with Crippen molar-refractivity contribution >= 4 is 0 Å². The average Bonchev–Trinajstić information content (AvgIpc) is 3.02. The van der Waals surface area contributed by atoms with E-state index in [9.17, 15) is 0 Å². The zero-order valence-corrected chi connectivity index (χ0v) is 12.6. The Morgan fingerprint density at radius 2 is 1.72 bits per heavy atom. The summed E-state index contributed by atoms with van der Waals surface area (Å²) in [6.07, 6.45) is 9.26. The van der Waals surface area contributed by atoms with Crippen LogP contribution in [0.4, 0.5) is 0 Å². The van der Waals surface area contributed by atoms with Gasteiger partial charge in [0.2, 0.25) is 0 Å². The van der Waals surface area contributed by atoms with Gasteiger partial charge in [0.25, 0.3) is 0 Å². The third-order valence-corrected chi connectivity index (χ3v) is 5.08. The summed E-state index contributed by atoms with van der Waals surface area (Å²) in [4.78, 5) is 0. The molecule has 0 radical (unpaired) electrons. The number of hydrogen-bond donors (Lipinski definition) is 0. The smallest absolute Gasteiger partial charge is 0.158 e. The molecule has 5 atom stereocenters. The van der Waals surface area contributed by atoms with Crippen LogP contribution in [0.1, 0.15) is 72.6 Å². The molecule has 1 aliphatic carbocycles. The van der Waals surface area contributed by atoms with Gasteiger partial charge in [0.1, 0.15) is 0 Å². The molecule has 0 amide bonds. The van der Waals surface area contributed by atoms with E-state index < -0.39 is 0 Å². The largest absolute Gasteiger partial charge is 0.349 e. The average molecular weight is 254 g/mol. The van der Waals surface area contributed by atoms with Crippen molar-refractivity contribution in [1.29, 1.82) is 0 Å². The summed E-state index contributed by atoms with van der Waals surface area (Å²) >= 11 is 0. The molecule has 106 valence electrons. The molecule has 1 aliphatic heterocycles. The fraction of sp³-hybridized carbons (Fsp3) is 1.00. The quantitative estimate of drug-likeness (QED) is 0.693. The molecule has 2 fully saturated rings. The van der Waals surface area contributed by atoms with Crippen molar-refractivity contribution in [2.75, 3.05) is 0 Å². The first-order valence-electron chi connectivity index (χ1n) is 7.97. The van der Waals surface area contributed by atoms with Crippen LogP contribution in [-0.4, -0.2) is 18.5 Å². The molecular weight excluding hydrogens is 224 g/mol. The summed E-state index contributed by atoms with van der Waals surface area (Å²) < 4.78 is 12.3. The van der Waals surface area contributed by atoms with E-state index in [-0.39, 0.29) is 6.29 Å². The van der Waals surface area contributed by atoms with E-state index in [1.807, 2.05) is 0 Å². The molecule has 2 rings (SSSR count). The maximum atomic E-state index is 6.27. The number of hydrogen-bond acceptors (Lipinski definition) is 2. The van der Waals surface area contributed by atoms with Gasteiger partial charge >= 0.3 is 0 Å². The summed E-state index contributed by atoms with van der Waals surface area (Å²) in [6.45, 7) is 9.16. The first-order valence-corrected chi connectivity index (χ1v) is 7.97. The van der Waals surface area contributed by atoms with Crippen molar-refractivity contribution in [3.8, 4) is 0 Å². The summed E-state index contributed by atoms with van der Waals surface area (Å²) in [5.41, 5.74) is 0.474. The van der Waals surface area contributed by atoms with Gasteiger partial charge in [0.15, 0.2) is 6.29 Å². The van der Waals surface area contributed by atoms with Crippen LogP contribution in [-0.2, 0) is 9.47 Å². The maximum absolute atomic E-state index is 6.27. The van der Waals surface area contributed by atoms with Gasteiger partial charge in [0, 0.05) is 6.42 Å². The van der Waals surface area contributed by atoms with Crippen molar-refractivity contribution < 1.29 is 9.47 Å². The third-order valence-electron chi connectivity index (χ3n) is 5.08.